The van der Waals surface area contributed by atoms with Gasteiger partial charge in [0.05, 0.1) is 43.8 Å². The van der Waals surface area contributed by atoms with Crippen molar-refractivity contribution in [2.45, 2.75) is 56.7 Å². The molecule has 9 rings (SSSR count). The number of aromatic carboxylic acids is 1. The number of hydrogen-bond donors (Lipinski definition) is 2. The van der Waals surface area contributed by atoms with Gasteiger partial charge in [0, 0.05) is 52.9 Å². The van der Waals surface area contributed by atoms with Crippen molar-refractivity contribution in [3.8, 4) is 0 Å². The van der Waals surface area contributed by atoms with Gasteiger partial charge in [-0.25, -0.2) is 22.8 Å². The maximum Gasteiger partial charge on any atom is 0.343 e. The second-order valence-corrected chi connectivity index (χ2v) is 15.9. The van der Waals surface area contributed by atoms with Crippen LogP contribution >= 0.6 is 46.4 Å². The largest absolute Gasteiger partial charge is 0.477 e. The molecule has 0 radical (unpaired) electrons. The number of aliphatic hydroxyl groups excluding tert-OH is 1. The molecule has 12 nitrogen and oxygen atoms in total. The molecule has 19 heteroatoms. The molecule has 0 spiro atoms. The highest BCUT2D eigenvalue weighted by Crippen LogP contribution is 2.40. The van der Waals surface area contributed by atoms with E-state index < -0.39 is 50.9 Å². The fourth-order valence-electron chi connectivity index (χ4n) is 6.65. The van der Waals surface area contributed by atoms with Crippen LogP contribution in [-0.4, -0.2) is 54.3 Å². The van der Waals surface area contributed by atoms with E-state index in [0.717, 1.165) is 56.7 Å². The van der Waals surface area contributed by atoms with Gasteiger partial charge >= 0.3 is 11.9 Å². The van der Waals surface area contributed by atoms with Crippen molar-refractivity contribution in [3.63, 3.8) is 0 Å². The van der Waals surface area contributed by atoms with Gasteiger partial charge in [-0.1, -0.05) is 34.8 Å². The zero-order valence-electron chi connectivity index (χ0n) is 30.8. The van der Waals surface area contributed by atoms with Gasteiger partial charge in [0.15, 0.2) is 0 Å². The molecule has 3 fully saturated rings. The second-order valence-electron chi connectivity index (χ2n) is 14.3. The molecule has 60 heavy (non-hydrogen) atoms. The predicted octanol–water partition coefficient (Wildman–Crippen LogP) is 8.61. The van der Waals surface area contributed by atoms with E-state index in [9.17, 15) is 41.9 Å². The lowest BCUT2D eigenvalue weighted by Crippen LogP contribution is -2.21. The second kappa shape index (κ2) is 17.1. The predicted molar refractivity (Wildman–Crippen MR) is 219 cm³/mol. The van der Waals surface area contributed by atoms with Gasteiger partial charge in [0.25, 0.3) is 5.24 Å². The van der Waals surface area contributed by atoms with Crippen LogP contribution in [0.5, 0.6) is 0 Å². The first-order valence-electron chi connectivity index (χ1n) is 18.3. The topological polar surface area (TPSA) is 167 Å². The van der Waals surface area contributed by atoms with Gasteiger partial charge in [-0.3, -0.25) is 19.2 Å². The monoisotopic (exact) mass is 905 g/mol. The molecule has 3 aromatic carbocycles. The third-order valence-corrected chi connectivity index (χ3v) is 11.1. The number of rotatable bonds is 8. The number of aromatic nitrogens is 3. The summed E-state index contributed by atoms with van der Waals surface area (Å²) in [5.74, 6) is -4.26. The Hall–Kier alpha value is -5.19. The molecule has 0 aliphatic heterocycles. The minimum atomic E-state index is -1.31. The summed E-state index contributed by atoms with van der Waals surface area (Å²) >= 11 is 22.7. The van der Waals surface area contributed by atoms with E-state index in [1.54, 1.807) is 13.7 Å². The van der Waals surface area contributed by atoms with Gasteiger partial charge < -0.3 is 28.7 Å². The Labute approximate surface area is 355 Å². The first kappa shape index (κ1) is 42.9. The Balaban J connectivity index is 0.000000137. The number of nitrogens with zero attached hydrogens (tertiary/aromatic N) is 3. The van der Waals surface area contributed by atoms with Crippen LogP contribution in [0.4, 0.5) is 13.2 Å². The van der Waals surface area contributed by atoms with Crippen molar-refractivity contribution in [1.29, 1.82) is 0 Å². The molecular weight excluding hydrogens is 877 g/mol. The van der Waals surface area contributed by atoms with Crippen LogP contribution in [0, 0.1) is 17.5 Å². The molecule has 0 atom stereocenters. The number of ether oxygens (including phenoxy) is 1. The Morgan fingerprint density at radius 3 is 1.27 bits per heavy atom. The average Bonchev–Trinajstić information content (AvgIpc) is 4.03. The molecule has 0 saturated heterocycles. The number of pyridine rings is 3. The fraction of sp³-hybridized carbons (Fsp3) is 0.268. The number of halogens is 7. The zero-order chi connectivity index (χ0) is 43.3. The van der Waals surface area contributed by atoms with Crippen molar-refractivity contribution in [2.24, 2.45) is 0 Å². The maximum atomic E-state index is 13.7. The Kier molecular flexibility index (Phi) is 12.2. The van der Waals surface area contributed by atoms with Gasteiger partial charge in [0.2, 0.25) is 16.3 Å². The molecule has 0 amide bonds. The highest BCUT2D eigenvalue weighted by Gasteiger charge is 2.30. The van der Waals surface area contributed by atoms with Crippen molar-refractivity contribution in [2.75, 3.05) is 13.2 Å². The molecule has 3 aliphatic rings. The Bertz CT molecular complexity index is 2850. The van der Waals surface area contributed by atoms with Gasteiger partial charge in [0.1, 0.15) is 35.2 Å². The average molecular weight is 908 g/mol. The van der Waals surface area contributed by atoms with E-state index in [1.807, 2.05) is 0 Å². The van der Waals surface area contributed by atoms with Crippen LogP contribution in [0.3, 0.4) is 0 Å². The summed E-state index contributed by atoms with van der Waals surface area (Å²) in [5, 5.41) is 17.0. The molecule has 3 heterocycles. The molecule has 6 aromatic rings. The lowest BCUT2D eigenvalue weighted by molar-refractivity contribution is 0.0431. The summed E-state index contributed by atoms with van der Waals surface area (Å²) in [6, 6.07) is 7.81. The van der Waals surface area contributed by atoms with Crippen LogP contribution in [0.25, 0.3) is 32.7 Å². The Morgan fingerprint density at radius 2 is 0.933 bits per heavy atom. The summed E-state index contributed by atoms with van der Waals surface area (Å²) in [6.07, 6.45) is 9.72. The first-order chi connectivity index (χ1) is 28.5. The number of esters is 1. The van der Waals surface area contributed by atoms with Crippen LogP contribution in [0.15, 0.2) is 69.4 Å². The summed E-state index contributed by atoms with van der Waals surface area (Å²) in [4.78, 5) is 70.8. The molecule has 0 bridgehead atoms. The number of hydrogen-bond acceptors (Lipinski definition) is 8. The first-order valence-corrected chi connectivity index (χ1v) is 19.8. The van der Waals surface area contributed by atoms with Crippen LogP contribution in [0.2, 0.25) is 15.1 Å². The molecule has 3 saturated carbocycles. The fourth-order valence-corrected chi connectivity index (χ4v) is 7.26. The van der Waals surface area contributed by atoms with Crippen molar-refractivity contribution >= 4 is 96.3 Å². The summed E-state index contributed by atoms with van der Waals surface area (Å²) < 4.78 is 50.7. The lowest BCUT2D eigenvalue weighted by atomic mass is 10.1. The maximum absolute atomic E-state index is 13.7. The van der Waals surface area contributed by atoms with Crippen LogP contribution < -0.4 is 16.3 Å². The summed E-state index contributed by atoms with van der Waals surface area (Å²) in [7, 11) is 0. The highest BCUT2D eigenvalue weighted by molar-refractivity contribution is 6.67. The van der Waals surface area contributed by atoms with Gasteiger partial charge in [-0.2, -0.15) is 0 Å². The highest BCUT2D eigenvalue weighted by atomic mass is 35.5. The number of carbonyl (C=O) groups is 3. The number of benzene rings is 3. The molecular formula is C41H30Cl4F3N3O9. The summed E-state index contributed by atoms with van der Waals surface area (Å²) in [6.45, 7) is -0.533. The van der Waals surface area contributed by atoms with Crippen molar-refractivity contribution in [3.05, 3.63) is 135 Å². The minimum absolute atomic E-state index is 0.0497. The van der Waals surface area contributed by atoms with Crippen molar-refractivity contribution < 1.29 is 42.5 Å². The molecule has 3 aromatic heterocycles. The standard InChI is InChI=1S/C15H13ClFNO4.C13H8Cl2FNO2.C13H9ClFNO3/c16-11-6-13-9(5-12(11)17)14(20)10(15(21)22-4-3-19)7-18(13)8-1-2-8;14-9-4-11-7(3-10(9)16)12(18)8(13(15)19)5-17(11)6-1-2-6;14-9-4-11-7(3-10(9)15)12(17)8(13(18)19)5-16(11)6-1-2-6/h5-8,19H,1-4H2;3-6H,1-2H2;3-6H,1-2H2,(H,18,19). The molecule has 0 unspecified atom stereocenters. The van der Waals surface area contributed by atoms with Gasteiger partial charge in [-0.05, 0) is 86.5 Å². The van der Waals surface area contributed by atoms with Crippen LogP contribution in [-0.2, 0) is 4.74 Å². The van der Waals surface area contributed by atoms with Crippen LogP contribution in [0.1, 0.15) is 87.7 Å². The number of carboxylic acid groups (broad SMARTS) is 1. The third kappa shape index (κ3) is 8.68. The van der Waals surface area contributed by atoms with E-state index >= 15 is 0 Å². The van der Waals surface area contributed by atoms with E-state index in [4.69, 9.17) is 61.4 Å². The van der Waals surface area contributed by atoms with E-state index in [1.165, 1.54) is 36.8 Å². The van der Waals surface area contributed by atoms with E-state index in [2.05, 4.69) is 0 Å². The Morgan fingerprint density at radius 1 is 0.600 bits per heavy atom. The molecule has 2 N–H and O–H groups in total. The van der Waals surface area contributed by atoms with Crippen molar-refractivity contribution in [1.82, 2.24) is 13.7 Å². The zero-order valence-corrected chi connectivity index (χ0v) is 33.8. The van der Waals surface area contributed by atoms with E-state index in [-0.39, 0.29) is 79.3 Å². The minimum Gasteiger partial charge on any atom is -0.477 e. The summed E-state index contributed by atoms with van der Waals surface area (Å²) in [5.41, 5.74) is -1.01. The SMILES string of the molecule is O=C(Cl)c1cn(C2CC2)c2cc(Cl)c(F)cc2c1=O.O=C(O)c1cn(C2CC2)c2cc(Cl)c(F)cc2c1=O.O=C(OCCO)c1cn(C2CC2)c2cc(Cl)c(F)cc2c1=O. The normalized spacial score (nSPS) is 14.7. The third-order valence-electron chi connectivity index (χ3n) is 10.0. The molecule has 312 valence electrons. The quantitative estimate of drug-likeness (QED) is 0.112. The molecule has 3 aliphatic carbocycles. The number of carboxylic acids is 1. The number of carbonyl (C=O) groups excluding carboxylic acids is 2. The number of aliphatic hydroxyl groups is 1. The lowest BCUT2D eigenvalue weighted by Gasteiger charge is -2.13. The number of fused-ring (bicyclic) bond motifs is 3. The van der Waals surface area contributed by atoms with Gasteiger partial charge in [-0.15, -0.1) is 0 Å². The van der Waals surface area contributed by atoms with E-state index in [0.29, 0.717) is 16.6 Å². The smallest absolute Gasteiger partial charge is 0.343 e.